The van der Waals surface area contributed by atoms with Crippen molar-refractivity contribution in [2.45, 2.75) is 13.8 Å². The van der Waals surface area contributed by atoms with Crippen molar-refractivity contribution in [1.82, 2.24) is 9.97 Å². The Hall–Kier alpha value is -4.06. The van der Waals surface area contributed by atoms with Crippen LogP contribution in [-0.4, -0.2) is 59.4 Å². The molecule has 2 radical (unpaired) electrons. The predicted molar refractivity (Wildman–Crippen MR) is 138 cm³/mol. The van der Waals surface area contributed by atoms with Gasteiger partial charge in [-0.1, -0.05) is 72.2 Å². The van der Waals surface area contributed by atoms with Crippen molar-refractivity contribution in [2.75, 3.05) is 0 Å². The molecule has 0 aliphatic rings. The Morgan fingerprint density at radius 2 is 0.919 bits per heavy atom. The molecule has 37 heavy (non-hydrogen) atoms. The summed E-state index contributed by atoms with van der Waals surface area (Å²) in [5.41, 5.74) is 3.71. The zero-order valence-corrected chi connectivity index (χ0v) is 23.9. The number of carboxylic acids is 2. The Morgan fingerprint density at radius 3 is 1.22 bits per heavy atom. The number of nitrogens with zero attached hydrogens (tertiary/aromatic N) is 2. The molecule has 8 nitrogen and oxygen atoms in total. The van der Waals surface area contributed by atoms with Crippen LogP contribution < -0.4 is 10.2 Å². The summed E-state index contributed by atoms with van der Waals surface area (Å²) in [5, 5.41) is 40.4. The van der Waals surface area contributed by atoms with Crippen molar-refractivity contribution in [2.24, 2.45) is 0 Å². The standard InChI is InChI=1S/C14H12N2.2C7H6O3.Pb/c1-9-3-5-11-7-8-12-6-4-10(2)16-14(12)13(11)15-9;2*8-6-4-2-1-3-5(6)7(9)10;/h3-8H,1-2H3;2*1-4,8H,(H,9,10);/q;;;+2/p-2. The first-order chi connectivity index (χ1) is 17.2. The minimum atomic E-state index is -1.18. The van der Waals surface area contributed by atoms with Gasteiger partial charge in [-0.2, -0.15) is 0 Å². The van der Waals surface area contributed by atoms with Crippen molar-refractivity contribution in [3.63, 3.8) is 0 Å². The smallest absolute Gasteiger partial charge is 0.872 e. The van der Waals surface area contributed by atoms with Gasteiger partial charge in [0.1, 0.15) is 0 Å². The summed E-state index contributed by atoms with van der Waals surface area (Å²) in [6, 6.07) is 23.5. The molecule has 9 heteroatoms. The molecule has 0 fully saturated rings. The molecule has 3 aromatic carbocycles. The number of fused-ring (bicyclic) bond motifs is 3. The Morgan fingerprint density at radius 1 is 0.595 bits per heavy atom. The summed E-state index contributed by atoms with van der Waals surface area (Å²) in [7, 11) is 0. The Balaban J connectivity index is 0.000000202. The molecule has 0 saturated heterocycles. The van der Waals surface area contributed by atoms with Gasteiger partial charge in [0, 0.05) is 22.2 Å². The Bertz CT molecular complexity index is 1440. The fraction of sp³-hybridized carbons (Fsp3) is 0.0714. The predicted octanol–water partition coefficient (Wildman–Crippen LogP) is 3.94. The first kappa shape index (κ1) is 29.2. The SMILES string of the molecule is Cc1ccc2ccc3ccc(C)nc3c2n1.O=C(O)c1ccccc1[O-].O=C(O)c1ccccc1[O-].[Pb+2]. The average Bonchev–Trinajstić information content (AvgIpc) is 2.85. The van der Waals surface area contributed by atoms with Gasteiger partial charge < -0.3 is 20.4 Å². The quantitative estimate of drug-likeness (QED) is 0.210. The number of aromatic nitrogens is 2. The van der Waals surface area contributed by atoms with E-state index in [9.17, 15) is 19.8 Å². The van der Waals surface area contributed by atoms with E-state index in [1.165, 1.54) is 48.5 Å². The van der Waals surface area contributed by atoms with E-state index in [-0.39, 0.29) is 38.4 Å². The van der Waals surface area contributed by atoms with Crippen LogP contribution >= 0.6 is 0 Å². The molecule has 0 unspecified atom stereocenters. The van der Waals surface area contributed by atoms with Gasteiger partial charge in [-0.25, -0.2) is 9.59 Å². The number of aromatic carboxylic acids is 2. The van der Waals surface area contributed by atoms with Crippen LogP contribution in [0.15, 0.2) is 84.9 Å². The molecule has 184 valence electrons. The fourth-order valence-corrected chi connectivity index (χ4v) is 3.25. The molecule has 0 spiro atoms. The third-order valence-electron chi connectivity index (χ3n) is 5.03. The molecule has 2 N–H and O–H groups in total. The zero-order chi connectivity index (χ0) is 26.2. The van der Waals surface area contributed by atoms with Crippen LogP contribution in [0.2, 0.25) is 0 Å². The maximum absolute atomic E-state index is 10.7. The fourth-order valence-electron chi connectivity index (χ4n) is 3.25. The number of benzene rings is 3. The number of carboxylic acid groups (broad SMARTS) is 2. The summed E-state index contributed by atoms with van der Waals surface area (Å²) < 4.78 is 0. The molecule has 0 amide bonds. The molecule has 2 heterocycles. The maximum atomic E-state index is 10.7. The minimum Gasteiger partial charge on any atom is -0.872 e. The van der Waals surface area contributed by atoms with E-state index in [1.807, 2.05) is 26.0 Å². The number of hydrogen-bond acceptors (Lipinski definition) is 6. The second-order valence-electron chi connectivity index (χ2n) is 7.72. The van der Waals surface area contributed by atoms with Gasteiger partial charge in [0.25, 0.3) is 0 Å². The van der Waals surface area contributed by atoms with Crippen molar-refractivity contribution < 1.29 is 30.0 Å². The summed E-state index contributed by atoms with van der Waals surface area (Å²) >= 11 is 0. The topological polar surface area (TPSA) is 146 Å². The van der Waals surface area contributed by atoms with E-state index in [0.717, 1.165) is 33.2 Å². The summed E-state index contributed by atoms with van der Waals surface area (Å²) in [5.74, 6) is -3.25. The van der Waals surface area contributed by atoms with Gasteiger partial charge in [0.05, 0.1) is 22.2 Å². The summed E-state index contributed by atoms with van der Waals surface area (Å²) in [4.78, 5) is 29.6. The van der Waals surface area contributed by atoms with Crippen molar-refractivity contribution in [1.29, 1.82) is 0 Å². The number of carbonyl (C=O) groups is 2. The molecule has 0 aliphatic carbocycles. The van der Waals surface area contributed by atoms with Crippen molar-refractivity contribution >= 4 is 61.0 Å². The van der Waals surface area contributed by atoms with Gasteiger partial charge in [-0.05, 0) is 38.1 Å². The van der Waals surface area contributed by atoms with Crippen molar-refractivity contribution in [3.05, 3.63) is 107 Å². The molecule has 2 aromatic heterocycles. The summed E-state index contributed by atoms with van der Waals surface area (Å²) in [6.45, 7) is 4.02. The third-order valence-corrected chi connectivity index (χ3v) is 5.03. The van der Waals surface area contributed by atoms with Crippen LogP contribution in [0.1, 0.15) is 32.1 Å². The largest absolute Gasteiger partial charge is 2.00 e. The number of hydrogen-bond donors (Lipinski definition) is 2. The van der Waals surface area contributed by atoms with E-state index in [2.05, 4.69) is 34.2 Å². The number of aryl methyl sites for hydroxylation is 2. The van der Waals surface area contributed by atoms with Crippen molar-refractivity contribution in [3.8, 4) is 11.5 Å². The van der Waals surface area contributed by atoms with Gasteiger partial charge in [0.15, 0.2) is 0 Å². The first-order valence-corrected chi connectivity index (χ1v) is 10.8. The average molecular weight is 690 g/mol. The van der Waals surface area contributed by atoms with Crippen LogP contribution in [0.4, 0.5) is 0 Å². The Labute approximate surface area is 233 Å². The third kappa shape index (κ3) is 7.71. The molecule has 5 aromatic rings. The van der Waals surface area contributed by atoms with Crippen LogP contribution in [0.25, 0.3) is 21.8 Å². The molecule has 0 bridgehead atoms. The van der Waals surface area contributed by atoms with E-state index < -0.39 is 23.4 Å². The van der Waals surface area contributed by atoms with Gasteiger partial charge in [-0.15, -0.1) is 0 Å². The molecular weight excluding hydrogens is 668 g/mol. The normalized spacial score (nSPS) is 9.78. The van der Waals surface area contributed by atoms with E-state index in [1.54, 1.807) is 0 Å². The van der Waals surface area contributed by atoms with E-state index in [0.29, 0.717) is 0 Å². The van der Waals surface area contributed by atoms with Crippen LogP contribution in [0.5, 0.6) is 11.5 Å². The van der Waals surface area contributed by atoms with E-state index in [4.69, 9.17) is 10.2 Å². The maximum Gasteiger partial charge on any atom is 2.00 e. The second-order valence-corrected chi connectivity index (χ2v) is 7.72. The number of rotatable bonds is 2. The molecule has 5 rings (SSSR count). The van der Waals surface area contributed by atoms with Crippen LogP contribution in [0.3, 0.4) is 0 Å². The van der Waals surface area contributed by atoms with Crippen LogP contribution in [-0.2, 0) is 0 Å². The zero-order valence-electron chi connectivity index (χ0n) is 20.0. The molecule has 0 atom stereocenters. The first-order valence-electron chi connectivity index (χ1n) is 10.8. The Kier molecular flexibility index (Phi) is 10.5. The van der Waals surface area contributed by atoms with Gasteiger partial charge >= 0.3 is 39.2 Å². The molecule has 0 aliphatic heterocycles. The number of para-hydroxylation sites is 2. The monoisotopic (exact) mass is 690 g/mol. The second kappa shape index (κ2) is 13.3. The number of pyridine rings is 2. The molecular formula is C28H22N2O6Pb. The van der Waals surface area contributed by atoms with Gasteiger partial charge in [0.2, 0.25) is 0 Å². The van der Waals surface area contributed by atoms with Crippen LogP contribution in [0, 0.1) is 13.8 Å². The van der Waals surface area contributed by atoms with E-state index >= 15 is 0 Å². The molecule has 0 saturated carbocycles. The van der Waals surface area contributed by atoms with Gasteiger partial charge in [-0.3, -0.25) is 9.97 Å². The minimum absolute atomic E-state index is 0. The summed E-state index contributed by atoms with van der Waals surface area (Å²) in [6.07, 6.45) is 0.